The van der Waals surface area contributed by atoms with Crippen LogP contribution in [0.25, 0.3) is 0 Å². The average Bonchev–Trinajstić information content (AvgIpc) is 2.58. The molecule has 0 radical (unpaired) electrons. The number of hydrogen-bond acceptors (Lipinski definition) is 4. The van der Waals surface area contributed by atoms with Crippen molar-refractivity contribution >= 4 is 6.09 Å². The lowest BCUT2D eigenvalue weighted by Crippen LogP contribution is -2.15. The minimum atomic E-state index is -0.811. The Morgan fingerprint density at radius 1 is 1.21 bits per heavy atom. The summed E-state index contributed by atoms with van der Waals surface area (Å²) in [6.07, 6.45) is -0.00343. The van der Waals surface area contributed by atoms with E-state index in [-0.39, 0.29) is 24.9 Å². The van der Waals surface area contributed by atoms with Crippen LogP contribution in [-0.2, 0) is 11.3 Å². The predicted molar refractivity (Wildman–Crippen MR) is 86.9 cm³/mol. The second kappa shape index (κ2) is 8.88. The number of primary amides is 1. The number of ether oxygens (including phenoxy) is 2. The zero-order valence-corrected chi connectivity index (χ0v) is 13.2. The van der Waals surface area contributed by atoms with Crippen LogP contribution in [-0.4, -0.2) is 17.8 Å². The van der Waals surface area contributed by atoms with E-state index in [0.717, 1.165) is 5.56 Å². The summed E-state index contributed by atoms with van der Waals surface area (Å²) in [6.45, 7) is -0.168. The van der Waals surface area contributed by atoms with Crippen LogP contribution in [0.5, 0.6) is 5.75 Å². The molecular weight excluding hydrogens is 313 g/mol. The molecule has 0 heterocycles. The predicted octanol–water partition coefficient (Wildman–Crippen LogP) is 3.31. The normalized spacial score (nSPS) is 11.8. The SMILES string of the molecule is NC(=O)OCCCC(Oc1ccc(CO)c(F)c1)c1ccccc1. The van der Waals surface area contributed by atoms with Crippen molar-refractivity contribution in [1.29, 1.82) is 0 Å². The van der Waals surface area contributed by atoms with Crippen LogP contribution >= 0.6 is 0 Å². The Kier molecular flexibility index (Phi) is 6.57. The van der Waals surface area contributed by atoms with Gasteiger partial charge in [-0.15, -0.1) is 0 Å². The molecule has 1 atom stereocenters. The Bertz CT molecular complexity index is 663. The average molecular weight is 333 g/mol. The molecule has 2 aromatic rings. The fourth-order valence-electron chi connectivity index (χ4n) is 2.30. The summed E-state index contributed by atoms with van der Waals surface area (Å²) in [6, 6.07) is 13.9. The maximum Gasteiger partial charge on any atom is 0.404 e. The smallest absolute Gasteiger partial charge is 0.404 e. The number of carbonyl (C=O) groups excluding carboxylic acids is 1. The standard InChI is InChI=1S/C18H20FNO4/c19-16-11-15(9-8-14(16)12-21)24-17(7-4-10-23-18(20)22)13-5-2-1-3-6-13/h1-3,5-6,8-9,11,17,21H,4,7,10,12H2,(H2,20,22). The molecule has 0 fully saturated rings. The quantitative estimate of drug-likeness (QED) is 0.726. The molecule has 6 heteroatoms. The van der Waals surface area contributed by atoms with Crippen molar-refractivity contribution in [3.05, 3.63) is 65.5 Å². The van der Waals surface area contributed by atoms with Crippen molar-refractivity contribution < 1.29 is 23.8 Å². The minimum Gasteiger partial charge on any atom is -0.486 e. The molecule has 0 saturated heterocycles. The molecule has 3 N–H and O–H groups in total. The highest BCUT2D eigenvalue weighted by atomic mass is 19.1. The largest absolute Gasteiger partial charge is 0.486 e. The van der Waals surface area contributed by atoms with E-state index >= 15 is 0 Å². The highest BCUT2D eigenvalue weighted by Crippen LogP contribution is 2.27. The van der Waals surface area contributed by atoms with Gasteiger partial charge in [0.15, 0.2) is 0 Å². The van der Waals surface area contributed by atoms with Crippen molar-refractivity contribution in [2.24, 2.45) is 5.73 Å². The van der Waals surface area contributed by atoms with E-state index in [1.807, 2.05) is 30.3 Å². The number of amides is 1. The number of halogens is 1. The summed E-state index contributed by atoms with van der Waals surface area (Å²) < 4.78 is 24.4. The van der Waals surface area contributed by atoms with Gasteiger partial charge in [-0.1, -0.05) is 36.4 Å². The molecule has 5 nitrogen and oxygen atoms in total. The molecule has 2 rings (SSSR count). The maximum absolute atomic E-state index is 13.8. The summed E-state index contributed by atoms with van der Waals surface area (Å²) in [7, 11) is 0. The Balaban J connectivity index is 2.08. The van der Waals surface area contributed by atoms with Gasteiger partial charge in [-0.3, -0.25) is 0 Å². The van der Waals surface area contributed by atoms with Gasteiger partial charge in [0.2, 0.25) is 0 Å². The van der Waals surface area contributed by atoms with Gasteiger partial charge in [0.05, 0.1) is 13.2 Å². The molecule has 24 heavy (non-hydrogen) atoms. The van der Waals surface area contributed by atoms with Crippen molar-refractivity contribution in [2.45, 2.75) is 25.6 Å². The number of benzene rings is 2. The van der Waals surface area contributed by atoms with Crippen LogP contribution < -0.4 is 10.5 Å². The minimum absolute atomic E-state index is 0.194. The Hall–Kier alpha value is -2.60. The van der Waals surface area contributed by atoms with Gasteiger partial charge in [-0.05, 0) is 24.5 Å². The molecule has 1 amide bonds. The second-order valence-electron chi connectivity index (χ2n) is 5.24. The molecule has 2 aromatic carbocycles. The van der Waals surface area contributed by atoms with E-state index in [1.54, 1.807) is 6.07 Å². The van der Waals surface area contributed by atoms with Gasteiger partial charge in [-0.25, -0.2) is 9.18 Å². The number of aliphatic hydroxyl groups excluding tert-OH is 1. The summed E-state index contributed by atoms with van der Waals surface area (Å²) >= 11 is 0. The molecule has 0 spiro atoms. The lowest BCUT2D eigenvalue weighted by atomic mass is 10.0. The maximum atomic E-state index is 13.8. The number of nitrogens with two attached hydrogens (primary N) is 1. The van der Waals surface area contributed by atoms with E-state index in [0.29, 0.717) is 18.6 Å². The monoisotopic (exact) mass is 333 g/mol. The van der Waals surface area contributed by atoms with Crippen LogP contribution in [0.4, 0.5) is 9.18 Å². The van der Waals surface area contributed by atoms with E-state index in [4.69, 9.17) is 20.3 Å². The lowest BCUT2D eigenvalue weighted by molar-refractivity contribution is 0.140. The highest BCUT2D eigenvalue weighted by Gasteiger charge is 2.14. The van der Waals surface area contributed by atoms with Crippen LogP contribution in [0.2, 0.25) is 0 Å². The lowest BCUT2D eigenvalue weighted by Gasteiger charge is -2.20. The molecule has 0 aromatic heterocycles. The first-order valence-corrected chi connectivity index (χ1v) is 7.63. The summed E-state index contributed by atoms with van der Waals surface area (Å²) in [5.41, 5.74) is 6.08. The van der Waals surface area contributed by atoms with E-state index < -0.39 is 11.9 Å². The third-order valence-corrected chi connectivity index (χ3v) is 3.50. The van der Waals surface area contributed by atoms with Crippen LogP contribution in [0.1, 0.15) is 30.1 Å². The van der Waals surface area contributed by atoms with Gasteiger partial charge >= 0.3 is 6.09 Å². The first kappa shape index (κ1) is 17.7. The molecular formula is C18H20FNO4. The summed E-state index contributed by atoms with van der Waals surface area (Å²) in [5, 5.41) is 9.02. The number of hydrogen-bond donors (Lipinski definition) is 2. The molecule has 128 valence electrons. The number of aliphatic hydroxyl groups is 1. The van der Waals surface area contributed by atoms with Gasteiger partial charge in [0, 0.05) is 11.6 Å². The van der Waals surface area contributed by atoms with E-state index in [9.17, 15) is 9.18 Å². The van der Waals surface area contributed by atoms with Crippen LogP contribution in [0.15, 0.2) is 48.5 Å². The Morgan fingerprint density at radius 2 is 1.96 bits per heavy atom. The summed E-state index contributed by atoms with van der Waals surface area (Å²) in [4.78, 5) is 10.6. The highest BCUT2D eigenvalue weighted by molar-refractivity contribution is 5.64. The van der Waals surface area contributed by atoms with E-state index in [2.05, 4.69) is 0 Å². The molecule has 0 saturated carbocycles. The molecule has 0 bridgehead atoms. The molecule has 1 unspecified atom stereocenters. The number of rotatable bonds is 8. The van der Waals surface area contributed by atoms with Gasteiger partial charge < -0.3 is 20.3 Å². The molecule has 0 aliphatic carbocycles. The first-order valence-electron chi connectivity index (χ1n) is 7.63. The van der Waals surface area contributed by atoms with Crippen molar-refractivity contribution in [3.63, 3.8) is 0 Å². The van der Waals surface area contributed by atoms with Gasteiger partial charge in [0.1, 0.15) is 17.7 Å². The van der Waals surface area contributed by atoms with Crippen LogP contribution in [0, 0.1) is 5.82 Å². The third-order valence-electron chi connectivity index (χ3n) is 3.50. The van der Waals surface area contributed by atoms with Crippen molar-refractivity contribution in [3.8, 4) is 5.75 Å². The molecule has 0 aliphatic rings. The number of carbonyl (C=O) groups is 1. The zero-order chi connectivity index (χ0) is 17.4. The van der Waals surface area contributed by atoms with Crippen molar-refractivity contribution in [2.75, 3.05) is 6.61 Å². The third kappa shape index (κ3) is 5.24. The Morgan fingerprint density at radius 3 is 2.58 bits per heavy atom. The topological polar surface area (TPSA) is 81.8 Å². The van der Waals surface area contributed by atoms with Crippen LogP contribution in [0.3, 0.4) is 0 Å². The fraction of sp³-hybridized carbons (Fsp3) is 0.278. The summed E-state index contributed by atoms with van der Waals surface area (Å²) in [5.74, 6) is -0.145. The fourth-order valence-corrected chi connectivity index (χ4v) is 2.30. The second-order valence-corrected chi connectivity index (χ2v) is 5.24. The van der Waals surface area contributed by atoms with Gasteiger partial charge in [-0.2, -0.15) is 0 Å². The van der Waals surface area contributed by atoms with Gasteiger partial charge in [0.25, 0.3) is 0 Å². The molecule has 0 aliphatic heterocycles. The van der Waals surface area contributed by atoms with Crippen molar-refractivity contribution in [1.82, 2.24) is 0 Å². The van der Waals surface area contributed by atoms with E-state index in [1.165, 1.54) is 12.1 Å². The zero-order valence-electron chi connectivity index (χ0n) is 13.2. The first-order chi connectivity index (χ1) is 11.6. The Labute approximate surface area is 139 Å².